The summed E-state index contributed by atoms with van der Waals surface area (Å²) < 4.78 is 22.0. The molecule has 0 aliphatic carbocycles. The molecule has 194 valence electrons. The number of amides is 1. The van der Waals surface area contributed by atoms with Crippen molar-refractivity contribution in [3.63, 3.8) is 0 Å². The second-order valence-corrected chi connectivity index (χ2v) is 9.46. The van der Waals surface area contributed by atoms with Crippen LogP contribution in [0.3, 0.4) is 0 Å². The summed E-state index contributed by atoms with van der Waals surface area (Å²) in [5, 5.41) is 3.33. The van der Waals surface area contributed by atoms with Crippen LogP contribution in [0.4, 0.5) is 11.4 Å². The molecular formula is C29H32N2O6. The molecule has 1 heterocycles. The molecule has 0 atom stereocenters. The van der Waals surface area contributed by atoms with E-state index in [4.69, 9.17) is 18.9 Å². The fourth-order valence-electron chi connectivity index (χ4n) is 4.45. The summed E-state index contributed by atoms with van der Waals surface area (Å²) in [5.41, 5.74) is 4.37. The standard InChI is InChI=1S/C29H32N2O6/c1-18-7-9-19(10-8-18)27(32)36-16-23-21(22-12-11-20(37-17-34-5)15-25(22)35-6)13-14-24-26(23)31(4)28(33)29(2,3)30-24/h7-15,30H,16-17H2,1-6H3. The van der Waals surface area contributed by atoms with Gasteiger partial charge in [-0.3, -0.25) is 4.79 Å². The number of ether oxygens (including phenoxy) is 4. The van der Waals surface area contributed by atoms with Gasteiger partial charge in [0.05, 0.1) is 24.0 Å². The topological polar surface area (TPSA) is 86.3 Å². The van der Waals surface area contributed by atoms with E-state index in [1.165, 1.54) is 0 Å². The first kappa shape index (κ1) is 26.0. The van der Waals surface area contributed by atoms with Gasteiger partial charge in [0.2, 0.25) is 0 Å². The lowest BCUT2D eigenvalue weighted by atomic mass is 9.91. The predicted molar refractivity (Wildman–Crippen MR) is 142 cm³/mol. The van der Waals surface area contributed by atoms with Crippen molar-refractivity contribution in [1.82, 2.24) is 0 Å². The second-order valence-electron chi connectivity index (χ2n) is 9.46. The number of nitrogens with one attached hydrogen (secondary N) is 1. The molecule has 1 aliphatic heterocycles. The molecule has 0 saturated carbocycles. The Morgan fingerprint density at radius 3 is 2.38 bits per heavy atom. The third kappa shape index (κ3) is 5.24. The van der Waals surface area contributed by atoms with Gasteiger partial charge in [-0.25, -0.2) is 4.79 Å². The number of carbonyl (C=O) groups is 2. The maximum atomic E-state index is 13.2. The van der Waals surface area contributed by atoms with Crippen LogP contribution in [-0.4, -0.2) is 45.5 Å². The molecule has 8 nitrogen and oxygen atoms in total. The number of likely N-dealkylation sites (N-methyl/N-ethyl adjacent to an activating group) is 1. The van der Waals surface area contributed by atoms with Crippen molar-refractivity contribution in [3.8, 4) is 22.6 Å². The van der Waals surface area contributed by atoms with Gasteiger partial charge in [-0.05, 0) is 56.7 Å². The van der Waals surface area contributed by atoms with Crippen LogP contribution in [0.1, 0.15) is 35.3 Å². The first-order chi connectivity index (χ1) is 17.7. The number of fused-ring (bicyclic) bond motifs is 1. The Balaban J connectivity index is 1.80. The zero-order valence-corrected chi connectivity index (χ0v) is 22.0. The summed E-state index contributed by atoms with van der Waals surface area (Å²) in [6.45, 7) is 5.69. The van der Waals surface area contributed by atoms with E-state index in [9.17, 15) is 9.59 Å². The summed E-state index contributed by atoms with van der Waals surface area (Å²) in [6, 6.07) is 16.5. The van der Waals surface area contributed by atoms with Gasteiger partial charge in [-0.15, -0.1) is 0 Å². The molecule has 0 radical (unpaired) electrons. The Morgan fingerprint density at radius 2 is 1.70 bits per heavy atom. The van der Waals surface area contributed by atoms with E-state index >= 15 is 0 Å². The Kier molecular flexibility index (Phi) is 7.40. The highest BCUT2D eigenvalue weighted by atomic mass is 16.7. The van der Waals surface area contributed by atoms with Gasteiger partial charge in [0.15, 0.2) is 6.79 Å². The van der Waals surface area contributed by atoms with Crippen LogP contribution < -0.4 is 19.7 Å². The van der Waals surface area contributed by atoms with Gasteiger partial charge in [-0.1, -0.05) is 23.8 Å². The maximum absolute atomic E-state index is 13.2. The molecule has 1 amide bonds. The third-order valence-electron chi connectivity index (χ3n) is 6.35. The molecule has 8 heteroatoms. The SMILES string of the molecule is COCOc1ccc(-c2ccc3c(c2COC(=O)c2ccc(C)cc2)N(C)C(=O)C(C)(C)N3)c(OC)c1. The third-order valence-corrected chi connectivity index (χ3v) is 6.35. The normalized spacial score (nSPS) is 14.0. The van der Waals surface area contributed by atoms with Crippen molar-refractivity contribution in [2.45, 2.75) is 32.9 Å². The second kappa shape index (κ2) is 10.5. The number of anilines is 2. The summed E-state index contributed by atoms with van der Waals surface area (Å²) in [7, 11) is 4.86. The minimum atomic E-state index is -0.781. The highest BCUT2D eigenvalue weighted by molar-refractivity contribution is 6.09. The van der Waals surface area contributed by atoms with Crippen molar-refractivity contribution in [3.05, 3.63) is 71.3 Å². The van der Waals surface area contributed by atoms with Crippen LogP contribution in [-0.2, 0) is 20.9 Å². The first-order valence-corrected chi connectivity index (χ1v) is 11.9. The molecule has 3 aromatic rings. The summed E-state index contributed by atoms with van der Waals surface area (Å²) in [6.07, 6.45) is 0. The summed E-state index contributed by atoms with van der Waals surface area (Å²) >= 11 is 0. The van der Waals surface area contributed by atoms with Gasteiger partial charge in [0.1, 0.15) is 23.6 Å². The molecule has 37 heavy (non-hydrogen) atoms. The molecular weight excluding hydrogens is 472 g/mol. The molecule has 4 rings (SSSR count). The van der Waals surface area contributed by atoms with Crippen LogP contribution >= 0.6 is 0 Å². The fraction of sp³-hybridized carbons (Fsp3) is 0.310. The molecule has 0 saturated heterocycles. The molecule has 0 aromatic heterocycles. The Labute approximate surface area is 217 Å². The molecule has 1 N–H and O–H groups in total. The maximum Gasteiger partial charge on any atom is 0.338 e. The van der Waals surface area contributed by atoms with Crippen molar-refractivity contribution >= 4 is 23.3 Å². The van der Waals surface area contributed by atoms with E-state index in [-0.39, 0.29) is 19.3 Å². The lowest BCUT2D eigenvalue weighted by Gasteiger charge is -2.39. The number of nitrogens with zero attached hydrogens (tertiary/aromatic N) is 1. The van der Waals surface area contributed by atoms with Crippen molar-refractivity contribution in [2.24, 2.45) is 0 Å². The van der Waals surface area contributed by atoms with E-state index in [1.54, 1.807) is 44.4 Å². The van der Waals surface area contributed by atoms with Gasteiger partial charge < -0.3 is 29.2 Å². The van der Waals surface area contributed by atoms with Gasteiger partial charge >= 0.3 is 5.97 Å². The average molecular weight is 505 g/mol. The van der Waals surface area contributed by atoms with Gasteiger partial charge in [0, 0.05) is 31.4 Å². The Bertz CT molecular complexity index is 1320. The van der Waals surface area contributed by atoms with Crippen LogP contribution in [0.15, 0.2) is 54.6 Å². The Morgan fingerprint density at radius 1 is 1.00 bits per heavy atom. The number of esters is 1. The Hall–Kier alpha value is -4.04. The fourth-order valence-corrected chi connectivity index (χ4v) is 4.45. The van der Waals surface area contributed by atoms with Crippen molar-refractivity contribution in [1.29, 1.82) is 0 Å². The highest BCUT2D eigenvalue weighted by Gasteiger charge is 2.38. The zero-order chi connectivity index (χ0) is 26.7. The number of benzene rings is 3. The molecule has 0 spiro atoms. The van der Waals surface area contributed by atoms with E-state index in [1.807, 2.05) is 57.2 Å². The minimum absolute atomic E-state index is 0.0456. The highest BCUT2D eigenvalue weighted by Crippen LogP contribution is 2.44. The molecule has 3 aromatic carbocycles. The lowest BCUT2D eigenvalue weighted by Crippen LogP contribution is -2.52. The zero-order valence-electron chi connectivity index (χ0n) is 22.0. The van der Waals surface area contributed by atoms with Crippen molar-refractivity contribution in [2.75, 3.05) is 38.3 Å². The molecule has 0 fully saturated rings. The predicted octanol–water partition coefficient (Wildman–Crippen LogP) is 5.18. The smallest absolute Gasteiger partial charge is 0.338 e. The molecule has 0 bridgehead atoms. The van der Waals surface area contributed by atoms with Crippen LogP contribution in [0.5, 0.6) is 11.5 Å². The molecule has 0 unspecified atom stereocenters. The van der Waals surface area contributed by atoms with Crippen LogP contribution in [0.2, 0.25) is 0 Å². The van der Waals surface area contributed by atoms with Crippen LogP contribution in [0.25, 0.3) is 11.1 Å². The minimum Gasteiger partial charge on any atom is -0.496 e. The number of methoxy groups -OCH3 is 2. The summed E-state index contributed by atoms with van der Waals surface area (Å²) in [5.74, 6) is 0.608. The van der Waals surface area contributed by atoms with E-state index < -0.39 is 11.5 Å². The summed E-state index contributed by atoms with van der Waals surface area (Å²) in [4.78, 5) is 27.7. The number of hydrogen-bond donors (Lipinski definition) is 1. The average Bonchev–Trinajstić information content (AvgIpc) is 2.89. The lowest BCUT2D eigenvalue weighted by molar-refractivity contribution is -0.121. The molecule has 1 aliphatic rings. The van der Waals surface area contributed by atoms with Gasteiger partial charge in [-0.2, -0.15) is 0 Å². The van der Waals surface area contributed by atoms with E-state index in [0.29, 0.717) is 28.3 Å². The largest absolute Gasteiger partial charge is 0.496 e. The number of hydrogen-bond acceptors (Lipinski definition) is 7. The van der Waals surface area contributed by atoms with E-state index in [2.05, 4.69) is 5.32 Å². The monoisotopic (exact) mass is 504 g/mol. The quantitative estimate of drug-likeness (QED) is 0.334. The van der Waals surface area contributed by atoms with Gasteiger partial charge in [0.25, 0.3) is 5.91 Å². The first-order valence-electron chi connectivity index (χ1n) is 11.9. The number of rotatable bonds is 8. The van der Waals surface area contributed by atoms with Crippen molar-refractivity contribution < 1.29 is 28.5 Å². The van der Waals surface area contributed by atoms with E-state index in [0.717, 1.165) is 22.4 Å². The van der Waals surface area contributed by atoms with Crippen LogP contribution in [0, 0.1) is 6.92 Å². The number of carbonyl (C=O) groups excluding carboxylic acids is 2. The number of aryl methyl sites for hydroxylation is 1.